The monoisotopic (exact) mass is 204 g/mol. The Labute approximate surface area is 84.5 Å². The first-order valence-electron chi connectivity index (χ1n) is 4.20. The van der Waals surface area contributed by atoms with Gasteiger partial charge in [0.1, 0.15) is 0 Å². The average Bonchev–Trinajstić information content (AvgIpc) is 2.59. The second kappa shape index (κ2) is 3.41. The van der Waals surface area contributed by atoms with Crippen molar-refractivity contribution < 1.29 is 9.59 Å². The molecular formula is C9H8N4O2. The summed E-state index contributed by atoms with van der Waals surface area (Å²) in [7, 11) is 0. The molecule has 4 N–H and O–H groups in total. The molecule has 1 heterocycles. The fourth-order valence-electron chi connectivity index (χ4n) is 1.28. The Hall–Kier alpha value is -2.37. The number of nitrogens with one attached hydrogen (secondary N) is 2. The van der Waals surface area contributed by atoms with Crippen LogP contribution in [-0.4, -0.2) is 22.3 Å². The number of hydrogen-bond donors (Lipinski definition) is 3. The van der Waals surface area contributed by atoms with Gasteiger partial charge in [-0.25, -0.2) is 4.98 Å². The first-order valence-corrected chi connectivity index (χ1v) is 4.20. The lowest BCUT2D eigenvalue weighted by molar-refractivity contribution is -0.105. The maximum absolute atomic E-state index is 10.9. The molecule has 0 atom stereocenters. The molecule has 0 fully saturated rings. The van der Waals surface area contributed by atoms with E-state index in [9.17, 15) is 9.59 Å². The molecule has 0 spiro atoms. The predicted molar refractivity (Wildman–Crippen MR) is 54.3 cm³/mol. The van der Waals surface area contributed by atoms with E-state index in [1.54, 1.807) is 18.2 Å². The second-order valence-corrected chi connectivity index (χ2v) is 2.94. The molecule has 0 bridgehead atoms. The number of amides is 2. The first-order chi connectivity index (χ1) is 7.20. The van der Waals surface area contributed by atoms with Gasteiger partial charge in [-0.15, -0.1) is 0 Å². The van der Waals surface area contributed by atoms with Crippen LogP contribution in [0.4, 0.5) is 5.95 Å². The topological polar surface area (TPSA) is 101 Å². The molecule has 2 aromatic rings. The maximum atomic E-state index is 10.9. The van der Waals surface area contributed by atoms with Crippen molar-refractivity contribution in [1.82, 2.24) is 9.97 Å². The van der Waals surface area contributed by atoms with Gasteiger partial charge in [-0.1, -0.05) is 0 Å². The van der Waals surface area contributed by atoms with Crippen molar-refractivity contribution in [3.05, 3.63) is 23.8 Å². The van der Waals surface area contributed by atoms with E-state index in [2.05, 4.69) is 15.3 Å². The normalized spacial score (nSPS) is 10.1. The summed E-state index contributed by atoms with van der Waals surface area (Å²) in [6, 6.07) is 4.83. The largest absolute Gasteiger partial charge is 0.366 e. The number of primary amides is 1. The van der Waals surface area contributed by atoms with E-state index >= 15 is 0 Å². The van der Waals surface area contributed by atoms with Crippen LogP contribution in [0.3, 0.4) is 0 Å². The van der Waals surface area contributed by atoms with Crippen LogP contribution in [0.2, 0.25) is 0 Å². The van der Waals surface area contributed by atoms with Crippen molar-refractivity contribution in [3.63, 3.8) is 0 Å². The van der Waals surface area contributed by atoms with Gasteiger partial charge in [0.2, 0.25) is 18.3 Å². The lowest BCUT2D eigenvalue weighted by atomic mass is 10.2. The van der Waals surface area contributed by atoms with E-state index < -0.39 is 5.91 Å². The molecule has 1 aromatic heterocycles. The number of nitrogens with zero attached hydrogens (tertiary/aromatic N) is 1. The molecule has 0 unspecified atom stereocenters. The van der Waals surface area contributed by atoms with Gasteiger partial charge in [-0.05, 0) is 18.2 Å². The summed E-state index contributed by atoms with van der Waals surface area (Å²) in [5.41, 5.74) is 6.81. The highest BCUT2D eigenvalue weighted by atomic mass is 16.1. The standard InChI is InChI=1S/C9H8N4O2/c10-8(15)5-1-2-6-7(3-5)13-9(12-6)11-4-14/h1-4H,(H2,10,15)(H2,11,12,13,14). The van der Waals surface area contributed by atoms with Gasteiger partial charge >= 0.3 is 0 Å². The van der Waals surface area contributed by atoms with E-state index in [1.165, 1.54) is 0 Å². The number of rotatable bonds is 3. The third kappa shape index (κ3) is 1.64. The fraction of sp³-hybridized carbons (Fsp3) is 0. The van der Waals surface area contributed by atoms with Gasteiger partial charge in [0, 0.05) is 5.56 Å². The summed E-state index contributed by atoms with van der Waals surface area (Å²) in [6.07, 6.45) is 0.521. The van der Waals surface area contributed by atoms with E-state index in [-0.39, 0.29) is 0 Å². The van der Waals surface area contributed by atoms with Crippen LogP contribution >= 0.6 is 0 Å². The first kappa shape index (κ1) is 9.20. The third-order valence-corrected chi connectivity index (χ3v) is 1.96. The fourth-order valence-corrected chi connectivity index (χ4v) is 1.28. The predicted octanol–water partition coefficient (Wildman–Crippen LogP) is 0.230. The highest BCUT2D eigenvalue weighted by Gasteiger charge is 2.05. The van der Waals surface area contributed by atoms with Crippen LogP contribution < -0.4 is 11.1 Å². The number of carbonyl (C=O) groups excluding carboxylic acids is 2. The molecule has 6 nitrogen and oxygen atoms in total. The minimum absolute atomic E-state index is 0.335. The van der Waals surface area contributed by atoms with Gasteiger partial charge < -0.3 is 10.7 Å². The van der Waals surface area contributed by atoms with E-state index in [0.29, 0.717) is 23.4 Å². The maximum Gasteiger partial charge on any atom is 0.248 e. The Morgan fingerprint density at radius 2 is 2.33 bits per heavy atom. The Morgan fingerprint density at radius 1 is 1.53 bits per heavy atom. The Kier molecular flexibility index (Phi) is 2.09. The molecule has 2 rings (SSSR count). The zero-order valence-electron chi connectivity index (χ0n) is 7.65. The number of benzene rings is 1. The number of aromatic nitrogens is 2. The van der Waals surface area contributed by atoms with Crippen molar-refractivity contribution in [2.75, 3.05) is 5.32 Å². The van der Waals surface area contributed by atoms with Crippen LogP contribution in [0.25, 0.3) is 11.0 Å². The summed E-state index contributed by atoms with van der Waals surface area (Å²) in [5, 5.41) is 2.38. The molecule has 0 aliphatic heterocycles. The molecule has 6 heteroatoms. The van der Waals surface area contributed by atoms with Crippen molar-refractivity contribution in [2.24, 2.45) is 5.73 Å². The highest BCUT2D eigenvalue weighted by molar-refractivity contribution is 5.96. The summed E-state index contributed by atoms with van der Waals surface area (Å²) >= 11 is 0. The lowest BCUT2D eigenvalue weighted by Crippen LogP contribution is -2.10. The molecule has 0 radical (unpaired) electrons. The van der Waals surface area contributed by atoms with Gasteiger partial charge in [-0.2, -0.15) is 0 Å². The molecule has 0 saturated heterocycles. The highest BCUT2D eigenvalue weighted by Crippen LogP contribution is 2.15. The smallest absolute Gasteiger partial charge is 0.248 e. The van der Waals surface area contributed by atoms with Gasteiger partial charge in [-0.3, -0.25) is 14.9 Å². The number of imidazole rings is 1. The van der Waals surface area contributed by atoms with Crippen molar-refractivity contribution >= 4 is 29.3 Å². The summed E-state index contributed by atoms with van der Waals surface area (Å²) < 4.78 is 0. The number of H-pyrrole nitrogens is 1. The van der Waals surface area contributed by atoms with Crippen LogP contribution in [0.5, 0.6) is 0 Å². The number of hydrogen-bond acceptors (Lipinski definition) is 3. The molecule has 1 aromatic carbocycles. The van der Waals surface area contributed by atoms with Crippen LogP contribution in [0.1, 0.15) is 10.4 Å². The Morgan fingerprint density at radius 3 is 3.00 bits per heavy atom. The average molecular weight is 204 g/mol. The SMILES string of the molecule is NC(=O)c1ccc2[nH]c(NC=O)nc2c1. The number of carbonyl (C=O) groups is 2. The number of aromatic amines is 1. The van der Waals surface area contributed by atoms with Crippen LogP contribution in [0.15, 0.2) is 18.2 Å². The van der Waals surface area contributed by atoms with Crippen LogP contribution in [0, 0.1) is 0 Å². The minimum atomic E-state index is -0.509. The number of nitrogens with two attached hydrogens (primary N) is 1. The van der Waals surface area contributed by atoms with Crippen LogP contribution in [-0.2, 0) is 4.79 Å². The Balaban J connectivity index is 2.51. The third-order valence-electron chi connectivity index (χ3n) is 1.96. The van der Waals surface area contributed by atoms with Crippen molar-refractivity contribution in [1.29, 1.82) is 0 Å². The molecule has 0 aliphatic carbocycles. The summed E-state index contributed by atoms with van der Waals surface area (Å²) in [4.78, 5) is 28.0. The molecule has 0 saturated carbocycles. The lowest BCUT2D eigenvalue weighted by Gasteiger charge is -1.92. The molecule has 76 valence electrons. The van der Waals surface area contributed by atoms with Gasteiger partial charge in [0.05, 0.1) is 11.0 Å². The molecule has 2 amide bonds. The number of anilines is 1. The minimum Gasteiger partial charge on any atom is -0.366 e. The Bertz CT molecular complexity index is 532. The summed E-state index contributed by atoms with van der Waals surface area (Å²) in [6.45, 7) is 0. The van der Waals surface area contributed by atoms with Crippen molar-refractivity contribution in [2.45, 2.75) is 0 Å². The van der Waals surface area contributed by atoms with Gasteiger partial charge in [0.25, 0.3) is 0 Å². The van der Waals surface area contributed by atoms with Gasteiger partial charge in [0.15, 0.2) is 0 Å². The molecule has 15 heavy (non-hydrogen) atoms. The van der Waals surface area contributed by atoms with E-state index in [1.807, 2.05) is 0 Å². The molecule has 0 aliphatic rings. The quantitative estimate of drug-likeness (QED) is 0.623. The van der Waals surface area contributed by atoms with Crippen molar-refractivity contribution in [3.8, 4) is 0 Å². The van der Waals surface area contributed by atoms with E-state index in [4.69, 9.17) is 5.73 Å². The number of fused-ring (bicyclic) bond motifs is 1. The molecular weight excluding hydrogens is 196 g/mol. The zero-order valence-corrected chi connectivity index (χ0v) is 7.65. The van der Waals surface area contributed by atoms with E-state index in [0.717, 1.165) is 5.52 Å². The zero-order chi connectivity index (χ0) is 10.8. The second-order valence-electron chi connectivity index (χ2n) is 2.94. The summed E-state index contributed by atoms with van der Waals surface area (Å²) in [5.74, 6) is -0.175.